The number of aromatic nitrogens is 8. The van der Waals surface area contributed by atoms with Crippen LogP contribution in [0.25, 0.3) is 22.1 Å². The van der Waals surface area contributed by atoms with Gasteiger partial charge in [0.2, 0.25) is 0 Å². The Labute approximate surface area is 550 Å². The molecule has 0 bridgehead atoms. The molecule has 2 aliphatic heterocycles. The minimum absolute atomic E-state index is 0.103. The number of pyridine rings is 2. The first-order chi connectivity index (χ1) is 44.2. The van der Waals surface area contributed by atoms with Gasteiger partial charge in [0.05, 0.1) is 81.5 Å². The normalized spacial score (nSPS) is 21.9. The molecule has 1 unspecified atom stereocenters. The molecular weight excluding hydrogens is 1220 g/mol. The van der Waals surface area contributed by atoms with E-state index in [-0.39, 0.29) is 35.5 Å². The van der Waals surface area contributed by atoms with E-state index >= 15 is 0 Å². The van der Waals surface area contributed by atoms with E-state index in [4.69, 9.17) is 65.7 Å². The number of amidine groups is 1. The molecule has 0 saturated heterocycles. The van der Waals surface area contributed by atoms with Crippen LogP contribution in [0.15, 0.2) is 40.1 Å². The summed E-state index contributed by atoms with van der Waals surface area (Å²) in [6.45, 7) is 3.40. The average Bonchev–Trinajstić information content (AvgIpc) is 1.76. The number of methoxy groups -OCH3 is 1. The predicted octanol–water partition coefficient (Wildman–Crippen LogP) is 16.7. The number of amides is 1. The number of carbonyl (C=O) groups is 4. The summed E-state index contributed by atoms with van der Waals surface area (Å²) in [7, 11) is 1.36. The zero-order valence-electron chi connectivity index (χ0n) is 53.6. The SMILES string of the molecule is CCOC(=O)CC(C)=O.COC(=O)c1cc(Cl)c2c(C3CCC3)nn(C3CCCCC3)c2n1.Clc1cc(Cl)c2c(C3CCC3)nn(C3CCCCC3)c2n1.Nc1cc(C2CCC2)nn1C1CCCCC1.O=C1C=C(O)C2C(C3CCC3)=NN(C3CCCCC3)C2=N1. The first-order valence-electron chi connectivity index (χ1n) is 34.5. The molecule has 91 heavy (non-hydrogen) atoms. The van der Waals surface area contributed by atoms with Crippen molar-refractivity contribution in [3.05, 3.63) is 68.0 Å². The number of nitrogens with two attached hydrogens (primary N) is 1. The molecule has 8 aliphatic carbocycles. The molecule has 0 aromatic carbocycles. The summed E-state index contributed by atoms with van der Waals surface area (Å²) in [6.07, 6.45) is 40.6. The lowest BCUT2D eigenvalue weighted by Crippen LogP contribution is -2.40. The van der Waals surface area contributed by atoms with Crippen molar-refractivity contribution in [1.29, 1.82) is 0 Å². The van der Waals surface area contributed by atoms with Crippen LogP contribution < -0.4 is 5.73 Å². The first-order valence-corrected chi connectivity index (χ1v) is 35.6. The number of Topliss-reactive ketones (excluding diaryl/α,β-unsaturated/α-hetero) is 1. The van der Waals surface area contributed by atoms with Gasteiger partial charge >= 0.3 is 11.9 Å². The van der Waals surface area contributed by atoms with Gasteiger partial charge in [0.1, 0.15) is 40.7 Å². The van der Waals surface area contributed by atoms with Gasteiger partial charge in [-0.1, -0.05) is 138 Å². The van der Waals surface area contributed by atoms with Crippen molar-refractivity contribution in [2.75, 3.05) is 19.5 Å². The molecule has 22 heteroatoms. The minimum Gasteiger partial charge on any atom is -0.511 e. The van der Waals surface area contributed by atoms with Crippen LogP contribution in [0.5, 0.6) is 0 Å². The van der Waals surface area contributed by atoms with Crippen molar-refractivity contribution in [3.8, 4) is 0 Å². The first kappa shape index (κ1) is 66.5. The maximum atomic E-state index is 11.9. The molecule has 5 aromatic heterocycles. The Hall–Kier alpha value is -5.92. The zero-order valence-corrected chi connectivity index (χ0v) is 55.8. The molecule has 3 N–H and O–H groups in total. The van der Waals surface area contributed by atoms with E-state index in [2.05, 4.69) is 35.1 Å². The number of ether oxygens (including phenoxy) is 2. The van der Waals surface area contributed by atoms with E-state index in [0.29, 0.717) is 75.5 Å². The van der Waals surface area contributed by atoms with Crippen LogP contribution in [0.4, 0.5) is 5.82 Å². The second-order valence-electron chi connectivity index (χ2n) is 26.9. The Morgan fingerprint density at radius 1 is 0.593 bits per heavy atom. The minimum atomic E-state index is -0.458. The third-order valence-electron chi connectivity index (χ3n) is 20.6. The van der Waals surface area contributed by atoms with E-state index in [0.717, 1.165) is 96.4 Å². The van der Waals surface area contributed by atoms with Gasteiger partial charge < -0.3 is 20.3 Å². The molecule has 7 heterocycles. The highest BCUT2D eigenvalue weighted by molar-refractivity contribution is 6.38. The van der Waals surface area contributed by atoms with Crippen molar-refractivity contribution >= 4 is 97.9 Å². The molecule has 0 spiro atoms. The lowest BCUT2D eigenvalue weighted by molar-refractivity contribution is -0.145. The summed E-state index contributed by atoms with van der Waals surface area (Å²) in [4.78, 5) is 57.6. The number of dihydropyridines is 1. The van der Waals surface area contributed by atoms with Crippen LogP contribution >= 0.6 is 34.8 Å². The van der Waals surface area contributed by atoms with Gasteiger partial charge in [-0.2, -0.15) is 25.4 Å². The smallest absolute Gasteiger partial charge is 0.356 e. The highest BCUT2D eigenvalue weighted by atomic mass is 35.5. The van der Waals surface area contributed by atoms with Gasteiger partial charge in [-0.3, -0.25) is 14.4 Å². The Morgan fingerprint density at radius 2 is 1.07 bits per heavy atom. The second-order valence-corrected chi connectivity index (χ2v) is 28.1. The van der Waals surface area contributed by atoms with Crippen LogP contribution in [0, 0.1) is 11.8 Å². The fourth-order valence-corrected chi connectivity index (χ4v) is 15.6. The van der Waals surface area contributed by atoms with Gasteiger partial charge in [-0.05, 0) is 129 Å². The van der Waals surface area contributed by atoms with E-state index in [1.165, 1.54) is 180 Å². The highest BCUT2D eigenvalue weighted by Gasteiger charge is 2.46. The fourth-order valence-electron chi connectivity index (χ4n) is 14.7. The number of esters is 2. The lowest BCUT2D eigenvalue weighted by Gasteiger charge is -2.31. The molecule has 19 nitrogen and oxygen atoms in total. The standard InChI is InChI=1S/C18H22ClN3O2.C16H19Cl2N3.C16H21N3O2.C13H21N3.C6H10O3/c1-24-18(23)14-10-13(19)15-16(11-6-5-7-11)21-22(17(15)20-14)12-8-3-2-4-9-12;17-12-9-13(18)19-16-14(12)15(10-5-4-6-10)20-21(16)11-7-2-1-3-8-11;20-12-9-13(21)17-16-14(12)15(10-5-4-6-10)18-19(16)11-7-2-1-3-8-11;14-13-9-12(10-5-4-6-10)15-16(13)11-7-2-1-3-8-11;1-3-9-6(8)4-5(2)7/h10-12H,2-9H2,1H3;9-11H,1-8H2;9-11,14,20H,1-8H2;9-11H,1-8,14H2;3-4H2,1-2H3. The number of aliphatic hydroxyl groups excluding tert-OH is 1. The summed E-state index contributed by atoms with van der Waals surface area (Å²) in [5.74, 6) is 2.21. The highest BCUT2D eigenvalue weighted by Crippen LogP contribution is 2.46. The Kier molecular flexibility index (Phi) is 22.6. The predicted molar refractivity (Wildman–Crippen MR) is 356 cm³/mol. The number of aliphatic hydroxyl groups is 1. The zero-order chi connectivity index (χ0) is 63.7. The number of aliphatic imine (C=N–C) groups is 1. The number of carbonyl (C=O) groups excluding carboxylic acids is 4. The van der Waals surface area contributed by atoms with Crippen LogP contribution in [-0.2, 0) is 23.9 Å². The molecule has 8 fully saturated rings. The summed E-state index contributed by atoms with van der Waals surface area (Å²) in [5, 5.41) is 35.4. The Bertz CT molecular complexity index is 3480. The molecule has 1 amide bonds. The summed E-state index contributed by atoms with van der Waals surface area (Å²) in [5.41, 5.74) is 12.5. The van der Waals surface area contributed by atoms with Gasteiger partial charge in [-0.15, -0.1) is 0 Å². The van der Waals surface area contributed by atoms with Crippen LogP contribution in [-0.4, -0.2) is 104 Å². The second kappa shape index (κ2) is 30.9. The number of hydrazone groups is 1. The maximum Gasteiger partial charge on any atom is 0.356 e. The van der Waals surface area contributed by atoms with Crippen molar-refractivity contribution in [1.82, 2.24) is 44.3 Å². The third kappa shape index (κ3) is 15.5. The number of ketones is 1. The molecule has 0 radical (unpaired) electrons. The summed E-state index contributed by atoms with van der Waals surface area (Å²) >= 11 is 19.1. The van der Waals surface area contributed by atoms with E-state index in [1.807, 2.05) is 9.69 Å². The average molecular weight is 1310 g/mol. The maximum absolute atomic E-state index is 11.9. The molecule has 10 aliphatic rings. The molecule has 15 rings (SSSR count). The monoisotopic (exact) mass is 1310 g/mol. The van der Waals surface area contributed by atoms with Crippen molar-refractivity contribution in [3.63, 3.8) is 0 Å². The number of fused-ring (bicyclic) bond motifs is 3. The van der Waals surface area contributed by atoms with Gasteiger partial charge in [0, 0.05) is 35.8 Å². The molecule has 8 saturated carbocycles. The number of hydrogen-bond acceptors (Lipinski definition) is 15. The van der Waals surface area contributed by atoms with E-state index < -0.39 is 11.9 Å². The molecule has 5 aromatic rings. The van der Waals surface area contributed by atoms with Gasteiger partial charge in [0.25, 0.3) is 5.91 Å². The number of anilines is 1. The fraction of sp³-hybridized carbons (Fsp3) is 0.667. The van der Waals surface area contributed by atoms with E-state index in [9.17, 15) is 24.3 Å². The summed E-state index contributed by atoms with van der Waals surface area (Å²) < 4.78 is 15.6. The van der Waals surface area contributed by atoms with Gasteiger partial charge in [0.15, 0.2) is 17.0 Å². The topological polar surface area (TPSA) is 240 Å². The number of hydrogen-bond donors (Lipinski definition) is 2. The third-order valence-corrected chi connectivity index (χ3v) is 21.4. The van der Waals surface area contributed by atoms with Crippen molar-refractivity contribution in [2.24, 2.45) is 21.9 Å². The lowest BCUT2D eigenvalue weighted by atomic mass is 9.76. The molecule has 1 atom stereocenters. The van der Waals surface area contributed by atoms with Crippen LogP contribution in [0.1, 0.15) is 289 Å². The van der Waals surface area contributed by atoms with Crippen LogP contribution in [0.3, 0.4) is 0 Å². The van der Waals surface area contributed by atoms with Crippen molar-refractivity contribution < 1.29 is 33.8 Å². The number of rotatable bonds is 12. The quantitative estimate of drug-likeness (QED) is 0.0671. The van der Waals surface area contributed by atoms with Gasteiger partial charge in [-0.25, -0.2) is 33.8 Å². The van der Waals surface area contributed by atoms with Crippen molar-refractivity contribution in [2.45, 2.75) is 268 Å². The number of halogens is 3. The number of nitrogens with zero attached hydrogens (tertiary/aromatic N) is 11. The molecule has 492 valence electrons. The summed E-state index contributed by atoms with van der Waals surface area (Å²) in [6, 6.07) is 7.20. The van der Waals surface area contributed by atoms with E-state index in [1.54, 1.807) is 19.1 Å². The molecular formula is C69H93Cl3N12O7. The Morgan fingerprint density at radius 3 is 1.53 bits per heavy atom. The largest absolute Gasteiger partial charge is 0.511 e. The van der Waals surface area contributed by atoms with Crippen LogP contribution in [0.2, 0.25) is 15.2 Å². The Balaban J connectivity index is 0.000000120. The number of nitrogen functional groups attached to an aromatic ring is 1.